The zero-order valence-corrected chi connectivity index (χ0v) is 12.3. The highest BCUT2D eigenvalue weighted by Gasteiger charge is 2.36. The van der Waals surface area contributed by atoms with Gasteiger partial charge in [0.05, 0.1) is 5.03 Å². The first kappa shape index (κ1) is 12.9. The second-order valence-electron chi connectivity index (χ2n) is 3.67. The van der Waals surface area contributed by atoms with Crippen LogP contribution in [0.5, 0.6) is 0 Å². The molecule has 0 atom stereocenters. The number of hydrazine groups is 1. The number of allylic oxidation sites excluding steroid dienone is 2. The fraction of sp³-hybridized carbons (Fsp3) is 0.400. The molecule has 0 radical (unpaired) electrons. The predicted octanol–water partition coefficient (Wildman–Crippen LogP) is 2.21. The number of carbonyl (C=O) groups excluding carboxylic acids is 1. The maximum atomic E-state index is 12.0. The Kier molecular flexibility index (Phi) is 3.53. The van der Waals surface area contributed by atoms with Crippen LogP contribution in [0.15, 0.2) is 20.5 Å². The Labute approximate surface area is 114 Å². The Bertz CT molecular complexity index is 469. The molecule has 92 valence electrons. The van der Waals surface area contributed by atoms with E-state index >= 15 is 0 Å². The van der Waals surface area contributed by atoms with Gasteiger partial charge in [0.15, 0.2) is 4.32 Å². The monoisotopic (exact) mass is 287 g/mol. The van der Waals surface area contributed by atoms with E-state index in [0.717, 1.165) is 16.6 Å². The minimum atomic E-state index is -0.205. The minimum absolute atomic E-state index is 0.205. The first-order chi connectivity index (χ1) is 7.97. The lowest BCUT2D eigenvalue weighted by Gasteiger charge is -2.19. The molecule has 0 aromatic heterocycles. The molecule has 1 amide bonds. The maximum Gasteiger partial charge on any atom is 0.283 e. The molecular weight excluding hydrogens is 274 g/mol. The van der Waals surface area contributed by atoms with Gasteiger partial charge in [-0.2, -0.15) is 0 Å². The van der Waals surface area contributed by atoms with E-state index in [2.05, 4.69) is 25.7 Å². The molecule has 0 aromatic rings. The first-order valence-corrected chi connectivity index (χ1v) is 7.19. The number of amides is 1. The summed E-state index contributed by atoms with van der Waals surface area (Å²) in [6, 6.07) is 0. The third-order valence-electron chi connectivity index (χ3n) is 2.72. The third-order valence-corrected chi connectivity index (χ3v) is 5.46. The summed E-state index contributed by atoms with van der Waals surface area (Å²) in [7, 11) is 0. The molecule has 0 spiro atoms. The van der Waals surface area contributed by atoms with Crippen molar-refractivity contribution in [3.63, 3.8) is 0 Å². The van der Waals surface area contributed by atoms with Gasteiger partial charge in [-0.25, -0.2) is 10.9 Å². The Hall–Kier alpha value is -0.500. The summed E-state index contributed by atoms with van der Waals surface area (Å²) < 4.78 is 0.413. The summed E-state index contributed by atoms with van der Waals surface area (Å²) in [6.07, 6.45) is 0. The van der Waals surface area contributed by atoms with Crippen molar-refractivity contribution in [3.05, 3.63) is 20.5 Å². The molecule has 1 saturated heterocycles. The van der Waals surface area contributed by atoms with E-state index in [0.29, 0.717) is 9.23 Å². The van der Waals surface area contributed by atoms with Crippen LogP contribution in [0.3, 0.4) is 0 Å². The zero-order valence-electron chi connectivity index (χ0n) is 9.81. The Morgan fingerprint density at radius 2 is 2.00 bits per heavy atom. The van der Waals surface area contributed by atoms with Crippen molar-refractivity contribution in [3.8, 4) is 0 Å². The van der Waals surface area contributed by atoms with Crippen molar-refractivity contribution in [1.82, 2.24) is 9.91 Å². The van der Waals surface area contributed by atoms with Crippen molar-refractivity contribution < 1.29 is 4.79 Å². The highest BCUT2D eigenvalue weighted by atomic mass is 32.2. The average Bonchev–Trinajstić information content (AvgIpc) is 2.72. The van der Waals surface area contributed by atoms with Crippen LogP contribution in [0.4, 0.5) is 0 Å². The van der Waals surface area contributed by atoms with Gasteiger partial charge in [0, 0.05) is 17.1 Å². The van der Waals surface area contributed by atoms with Gasteiger partial charge in [-0.1, -0.05) is 35.7 Å². The Morgan fingerprint density at radius 3 is 2.47 bits per heavy atom. The van der Waals surface area contributed by atoms with Crippen molar-refractivity contribution in [2.45, 2.75) is 20.8 Å². The van der Waals surface area contributed by atoms with E-state index in [-0.39, 0.29) is 5.91 Å². The second kappa shape index (κ2) is 4.64. The molecule has 2 rings (SSSR count). The van der Waals surface area contributed by atoms with Crippen LogP contribution in [-0.4, -0.2) is 26.7 Å². The molecule has 0 bridgehead atoms. The van der Waals surface area contributed by atoms with Gasteiger partial charge in [-0.3, -0.25) is 4.79 Å². The summed E-state index contributed by atoms with van der Waals surface area (Å²) in [6.45, 7) is 7.01. The van der Waals surface area contributed by atoms with E-state index in [9.17, 15) is 4.79 Å². The van der Waals surface area contributed by atoms with E-state index in [1.165, 1.54) is 22.4 Å². The minimum Gasteiger partial charge on any atom is -0.338 e. The number of thioether (sulfide) groups is 2. The Morgan fingerprint density at radius 1 is 1.35 bits per heavy atom. The number of rotatable bonds is 1. The summed E-state index contributed by atoms with van der Waals surface area (Å²) in [5.41, 5.74) is 1.19. The molecule has 7 heteroatoms. The van der Waals surface area contributed by atoms with E-state index < -0.39 is 0 Å². The fourth-order valence-electron chi connectivity index (χ4n) is 1.67. The van der Waals surface area contributed by atoms with Gasteiger partial charge < -0.3 is 4.90 Å². The quantitative estimate of drug-likeness (QED) is 0.345. The zero-order chi connectivity index (χ0) is 12.7. The van der Waals surface area contributed by atoms with Crippen LogP contribution in [-0.2, 0) is 4.79 Å². The van der Waals surface area contributed by atoms with E-state index in [1.807, 2.05) is 0 Å². The standard InChI is InChI=1S/C10H13N3OS3/c1-4-12-5(2)6(3)16-9(12)7-8(14)13(11)10(15)17-7/h4,11H2,1-3H3. The molecule has 17 heavy (non-hydrogen) atoms. The maximum absolute atomic E-state index is 12.0. The molecular formula is C10H13N3OS3. The van der Waals surface area contributed by atoms with Crippen molar-refractivity contribution >= 4 is 46.0 Å². The SMILES string of the molecule is CCN1C(C)=C(C)SC1=C1SC(=S)N(N)C1=O. The van der Waals surface area contributed by atoms with E-state index in [4.69, 9.17) is 18.1 Å². The van der Waals surface area contributed by atoms with Crippen LogP contribution < -0.4 is 5.84 Å². The summed E-state index contributed by atoms with van der Waals surface area (Å²) in [4.78, 5) is 15.9. The summed E-state index contributed by atoms with van der Waals surface area (Å²) >= 11 is 7.92. The number of nitrogens with two attached hydrogens (primary N) is 1. The summed E-state index contributed by atoms with van der Waals surface area (Å²) in [5.74, 6) is 5.38. The number of carbonyl (C=O) groups is 1. The number of nitrogens with zero attached hydrogens (tertiary/aromatic N) is 2. The number of hydrogen-bond acceptors (Lipinski definition) is 6. The smallest absolute Gasteiger partial charge is 0.283 e. The van der Waals surface area contributed by atoms with Crippen LogP contribution >= 0.6 is 35.7 Å². The van der Waals surface area contributed by atoms with Crippen LogP contribution in [0.2, 0.25) is 0 Å². The largest absolute Gasteiger partial charge is 0.338 e. The molecule has 2 aliphatic rings. The van der Waals surface area contributed by atoms with E-state index in [1.54, 1.807) is 11.8 Å². The van der Waals surface area contributed by atoms with Gasteiger partial charge in [-0.05, 0) is 20.8 Å². The molecule has 0 saturated carbocycles. The molecule has 2 aliphatic heterocycles. The van der Waals surface area contributed by atoms with Gasteiger partial charge in [-0.15, -0.1) is 0 Å². The van der Waals surface area contributed by atoms with Gasteiger partial charge in [0.2, 0.25) is 0 Å². The lowest BCUT2D eigenvalue weighted by atomic mass is 10.4. The molecule has 2 N–H and O–H groups in total. The molecule has 0 aromatic carbocycles. The lowest BCUT2D eigenvalue weighted by Crippen LogP contribution is -2.35. The third kappa shape index (κ3) is 2.01. The molecule has 0 aliphatic carbocycles. The van der Waals surface area contributed by atoms with Gasteiger partial charge in [0.25, 0.3) is 5.91 Å². The Balaban J connectivity index is 2.42. The highest BCUT2D eigenvalue weighted by molar-refractivity contribution is 8.27. The molecule has 0 unspecified atom stereocenters. The molecule has 2 heterocycles. The predicted molar refractivity (Wildman–Crippen MR) is 76.6 cm³/mol. The van der Waals surface area contributed by atoms with Gasteiger partial charge in [0.1, 0.15) is 4.91 Å². The van der Waals surface area contributed by atoms with Crippen LogP contribution in [0.25, 0.3) is 0 Å². The lowest BCUT2D eigenvalue weighted by molar-refractivity contribution is -0.122. The van der Waals surface area contributed by atoms with Gasteiger partial charge >= 0.3 is 0 Å². The molecule has 1 fully saturated rings. The van der Waals surface area contributed by atoms with Crippen LogP contribution in [0.1, 0.15) is 20.8 Å². The first-order valence-electron chi connectivity index (χ1n) is 5.15. The van der Waals surface area contributed by atoms with Crippen LogP contribution in [0, 0.1) is 0 Å². The normalized spacial score (nSPS) is 25.6. The average molecular weight is 287 g/mol. The summed E-state index contributed by atoms with van der Waals surface area (Å²) in [5, 5.41) is 1.99. The topological polar surface area (TPSA) is 49.6 Å². The fourth-order valence-corrected chi connectivity index (χ4v) is 4.10. The number of thiocarbonyl (C=S) groups is 1. The second-order valence-corrected chi connectivity index (χ2v) is 6.51. The van der Waals surface area contributed by atoms with Crippen molar-refractivity contribution in [1.29, 1.82) is 0 Å². The van der Waals surface area contributed by atoms with Crippen molar-refractivity contribution in [2.24, 2.45) is 5.84 Å². The molecule has 4 nitrogen and oxygen atoms in total. The van der Waals surface area contributed by atoms with Crippen molar-refractivity contribution in [2.75, 3.05) is 6.54 Å². The highest BCUT2D eigenvalue weighted by Crippen LogP contribution is 2.46. The number of hydrogen-bond donors (Lipinski definition) is 1.